The Bertz CT molecular complexity index is 330. The molecule has 1 amide bonds. The average molecular weight is 182 g/mol. The van der Waals surface area contributed by atoms with Crippen molar-refractivity contribution in [3.05, 3.63) is 22.2 Å². The third kappa shape index (κ3) is 2.28. The average Bonchev–Trinajstić information content (AvgIpc) is 2.48. The summed E-state index contributed by atoms with van der Waals surface area (Å²) in [7, 11) is 0. The van der Waals surface area contributed by atoms with Crippen molar-refractivity contribution in [2.45, 2.75) is 0 Å². The molecule has 0 atom stereocenters. The maximum atomic E-state index is 10.3. The van der Waals surface area contributed by atoms with Crippen molar-refractivity contribution in [2.24, 2.45) is 5.73 Å². The highest BCUT2D eigenvalue weighted by molar-refractivity contribution is 7.11. The number of nitrogens with zero attached hydrogens (tertiary/aromatic N) is 1. The number of amides is 1. The molecule has 12 heavy (non-hydrogen) atoms. The van der Waals surface area contributed by atoms with E-state index in [4.69, 9.17) is 5.73 Å². The van der Waals surface area contributed by atoms with E-state index in [0.717, 1.165) is 0 Å². The highest BCUT2D eigenvalue weighted by atomic mass is 32.1. The molecule has 0 bridgehead atoms. The molecule has 0 spiro atoms. The van der Waals surface area contributed by atoms with E-state index in [-0.39, 0.29) is 0 Å². The van der Waals surface area contributed by atoms with Crippen LogP contribution in [0.4, 0.5) is 0 Å². The smallest absolute Gasteiger partial charge is 0.241 e. The molecule has 2 N–H and O–H groups in total. The van der Waals surface area contributed by atoms with Gasteiger partial charge in [-0.1, -0.05) is 0 Å². The Morgan fingerprint density at radius 2 is 2.42 bits per heavy atom. The van der Waals surface area contributed by atoms with Crippen LogP contribution in [0.25, 0.3) is 6.08 Å². The van der Waals surface area contributed by atoms with Gasteiger partial charge in [0.15, 0.2) is 11.3 Å². The molecule has 0 radical (unpaired) electrons. The number of rotatable bonds is 3. The van der Waals surface area contributed by atoms with Crippen molar-refractivity contribution < 1.29 is 9.59 Å². The summed E-state index contributed by atoms with van der Waals surface area (Å²) < 4.78 is 0. The summed E-state index contributed by atoms with van der Waals surface area (Å²) in [6, 6.07) is 0. The predicted molar refractivity (Wildman–Crippen MR) is 45.7 cm³/mol. The van der Waals surface area contributed by atoms with E-state index in [1.165, 1.54) is 23.5 Å². The number of carbonyl (C=O) groups excluding carboxylic acids is 2. The van der Waals surface area contributed by atoms with E-state index in [0.29, 0.717) is 17.0 Å². The Morgan fingerprint density at radius 3 is 2.92 bits per heavy atom. The van der Waals surface area contributed by atoms with Crippen LogP contribution < -0.4 is 5.73 Å². The van der Waals surface area contributed by atoms with Crippen molar-refractivity contribution in [2.75, 3.05) is 0 Å². The highest BCUT2D eigenvalue weighted by Gasteiger charge is 1.96. The first-order valence-electron chi connectivity index (χ1n) is 3.10. The first-order chi connectivity index (χ1) is 5.72. The van der Waals surface area contributed by atoms with Crippen molar-refractivity contribution in [1.82, 2.24) is 4.98 Å². The molecule has 0 unspecified atom stereocenters. The predicted octanol–water partition coefficient (Wildman–Crippen LogP) is 0.454. The molecule has 1 heterocycles. The fourth-order valence-corrected chi connectivity index (χ4v) is 1.19. The van der Waals surface area contributed by atoms with Crippen LogP contribution >= 0.6 is 11.3 Å². The van der Waals surface area contributed by atoms with Gasteiger partial charge in [-0.15, -0.1) is 11.3 Å². The van der Waals surface area contributed by atoms with Crippen LogP contribution in [0, 0.1) is 0 Å². The molecule has 0 fully saturated rings. The topological polar surface area (TPSA) is 73.1 Å². The van der Waals surface area contributed by atoms with Crippen LogP contribution in [0.1, 0.15) is 15.5 Å². The summed E-state index contributed by atoms with van der Waals surface area (Å²) in [6.07, 6.45) is 3.32. The van der Waals surface area contributed by atoms with E-state index >= 15 is 0 Å². The van der Waals surface area contributed by atoms with Gasteiger partial charge in [-0.05, 0) is 6.08 Å². The SMILES string of the molecule is NC(=O)C=Cc1csc(C=O)n1. The van der Waals surface area contributed by atoms with Crippen LogP contribution in [-0.4, -0.2) is 17.2 Å². The van der Waals surface area contributed by atoms with Crippen LogP contribution in [0.2, 0.25) is 0 Å². The Kier molecular flexibility index (Phi) is 2.71. The number of thiazole rings is 1. The van der Waals surface area contributed by atoms with Gasteiger partial charge in [-0.3, -0.25) is 9.59 Å². The number of aldehydes is 1. The van der Waals surface area contributed by atoms with Gasteiger partial charge in [0, 0.05) is 11.5 Å². The number of hydrogen-bond acceptors (Lipinski definition) is 4. The third-order valence-corrected chi connectivity index (χ3v) is 1.85. The maximum absolute atomic E-state index is 10.3. The molecule has 1 aromatic rings. The fourth-order valence-electron chi connectivity index (χ4n) is 0.599. The lowest BCUT2D eigenvalue weighted by Crippen LogP contribution is -2.05. The zero-order valence-electron chi connectivity index (χ0n) is 6.06. The fraction of sp³-hybridized carbons (Fsp3) is 0. The molecule has 0 aliphatic carbocycles. The van der Waals surface area contributed by atoms with Crippen LogP contribution in [0.3, 0.4) is 0 Å². The molecule has 0 aliphatic rings. The Labute approximate surface area is 72.7 Å². The molecule has 62 valence electrons. The summed E-state index contributed by atoms with van der Waals surface area (Å²) in [5, 5.41) is 2.06. The lowest BCUT2D eigenvalue weighted by atomic mass is 10.4. The standard InChI is InChI=1S/C7H6N2O2S/c8-6(11)2-1-5-4-12-7(3-10)9-5/h1-4H,(H2,8,11). The summed E-state index contributed by atoms with van der Waals surface area (Å²) in [4.78, 5) is 24.3. The van der Waals surface area contributed by atoms with Crippen molar-refractivity contribution in [1.29, 1.82) is 0 Å². The molecule has 1 aromatic heterocycles. The highest BCUT2D eigenvalue weighted by Crippen LogP contribution is 2.08. The normalized spacial score (nSPS) is 10.3. The van der Waals surface area contributed by atoms with Gasteiger partial charge in [-0.25, -0.2) is 4.98 Å². The van der Waals surface area contributed by atoms with Crippen LogP contribution in [0.5, 0.6) is 0 Å². The molecule has 0 aliphatic heterocycles. The summed E-state index contributed by atoms with van der Waals surface area (Å²) in [5.41, 5.74) is 5.43. The first kappa shape index (κ1) is 8.61. The van der Waals surface area contributed by atoms with Crippen molar-refractivity contribution in [3.8, 4) is 0 Å². The molecule has 1 rings (SSSR count). The third-order valence-electron chi connectivity index (χ3n) is 1.06. The second kappa shape index (κ2) is 3.77. The number of primary amides is 1. The van der Waals surface area contributed by atoms with Crippen molar-refractivity contribution >= 4 is 29.6 Å². The Balaban J connectivity index is 2.76. The maximum Gasteiger partial charge on any atom is 0.241 e. The lowest BCUT2D eigenvalue weighted by Gasteiger charge is -1.79. The molecular weight excluding hydrogens is 176 g/mol. The second-order valence-corrected chi connectivity index (χ2v) is 2.85. The zero-order valence-corrected chi connectivity index (χ0v) is 6.88. The molecular formula is C7H6N2O2S. The molecule has 0 aromatic carbocycles. The molecule has 0 saturated heterocycles. The van der Waals surface area contributed by atoms with Gasteiger partial charge in [0.25, 0.3) is 0 Å². The quantitative estimate of drug-likeness (QED) is 0.545. The number of aromatic nitrogens is 1. The van der Waals surface area contributed by atoms with E-state index in [9.17, 15) is 9.59 Å². The molecule has 5 heteroatoms. The Morgan fingerprint density at radius 1 is 1.67 bits per heavy atom. The van der Waals surface area contributed by atoms with E-state index in [2.05, 4.69) is 4.98 Å². The van der Waals surface area contributed by atoms with Crippen LogP contribution in [-0.2, 0) is 4.79 Å². The minimum atomic E-state index is -0.532. The van der Waals surface area contributed by atoms with Gasteiger partial charge in [0.05, 0.1) is 5.69 Å². The van der Waals surface area contributed by atoms with Gasteiger partial charge in [0.2, 0.25) is 5.91 Å². The minimum absolute atomic E-state index is 0.388. The monoisotopic (exact) mass is 182 g/mol. The number of hydrogen-bond donors (Lipinski definition) is 1. The molecule has 4 nitrogen and oxygen atoms in total. The van der Waals surface area contributed by atoms with E-state index in [1.54, 1.807) is 5.38 Å². The van der Waals surface area contributed by atoms with E-state index < -0.39 is 5.91 Å². The first-order valence-corrected chi connectivity index (χ1v) is 3.98. The number of carbonyl (C=O) groups is 2. The second-order valence-electron chi connectivity index (χ2n) is 1.96. The molecule has 0 saturated carbocycles. The largest absolute Gasteiger partial charge is 0.366 e. The van der Waals surface area contributed by atoms with Crippen LogP contribution in [0.15, 0.2) is 11.5 Å². The van der Waals surface area contributed by atoms with Gasteiger partial charge < -0.3 is 5.73 Å². The lowest BCUT2D eigenvalue weighted by molar-refractivity contribution is -0.113. The van der Waals surface area contributed by atoms with Gasteiger partial charge >= 0.3 is 0 Å². The number of nitrogens with two attached hydrogens (primary N) is 1. The Hall–Kier alpha value is -1.49. The summed E-state index contributed by atoms with van der Waals surface area (Å²) in [6.45, 7) is 0. The zero-order chi connectivity index (χ0) is 8.97. The summed E-state index contributed by atoms with van der Waals surface area (Å²) >= 11 is 1.22. The minimum Gasteiger partial charge on any atom is -0.366 e. The summed E-state index contributed by atoms with van der Waals surface area (Å²) in [5.74, 6) is -0.532. The van der Waals surface area contributed by atoms with Crippen molar-refractivity contribution in [3.63, 3.8) is 0 Å². The van der Waals surface area contributed by atoms with Gasteiger partial charge in [-0.2, -0.15) is 0 Å². The van der Waals surface area contributed by atoms with E-state index in [1.807, 2.05) is 0 Å². The van der Waals surface area contributed by atoms with Gasteiger partial charge in [0.1, 0.15) is 0 Å².